The molecular formula is C12H11BrF2N2. The van der Waals surface area contributed by atoms with Gasteiger partial charge in [0.2, 0.25) is 0 Å². The van der Waals surface area contributed by atoms with E-state index >= 15 is 0 Å². The molecule has 1 heterocycles. The molecule has 0 aliphatic rings. The smallest absolute Gasteiger partial charge is 0.150 e. The maximum absolute atomic E-state index is 13.9. The highest BCUT2D eigenvalue weighted by molar-refractivity contribution is 9.10. The summed E-state index contributed by atoms with van der Waals surface area (Å²) in [7, 11) is 0. The lowest BCUT2D eigenvalue weighted by Gasteiger charge is -2.11. The second kappa shape index (κ2) is 4.22. The predicted octanol–water partition coefficient (Wildman–Crippen LogP) is 3.98. The van der Waals surface area contributed by atoms with Crippen LogP contribution in [0, 0.1) is 11.6 Å². The summed E-state index contributed by atoms with van der Waals surface area (Å²) in [5.74, 6) is -0.757. The standard InChI is InChI=1S/C12H11BrF2N2/c1-5(2)6-3-7-10(15)8(13)4-9(14)11(7)17-12(6)16/h3-5H,1-2H3,(H2,16,17). The van der Waals surface area contributed by atoms with Gasteiger partial charge in [-0.3, -0.25) is 0 Å². The Morgan fingerprint density at radius 1 is 1.29 bits per heavy atom. The summed E-state index contributed by atoms with van der Waals surface area (Å²) in [6.07, 6.45) is 0. The molecule has 2 aromatic rings. The molecule has 1 aromatic heterocycles. The van der Waals surface area contributed by atoms with Gasteiger partial charge in [-0.25, -0.2) is 13.8 Å². The second-order valence-corrected chi connectivity index (χ2v) is 5.02. The Bertz CT molecular complexity index is 597. The van der Waals surface area contributed by atoms with E-state index in [0.29, 0.717) is 5.56 Å². The van der Waals surface area contributed by atoms with Crippen LogP contribution in [0.4, 0.5) is 14.6 Å². The first-order valence-corrected chi connectivity index (χ1v) is 5.94. The summed E-state index contributed by atoms with van der Waals surface area (Å²) in [6.45, 7) is 3.84. The lowest BCUT2D eigenvalue weighted by atomic mass is 10.0. The van der Waals surface area contributed by atoms with Crippen molar-refractivity contribution in [3.05, 3.63) is 33.8 Å². The average Bonchev–Trinajstić information content (AvgIpc) is 2.25. The SMILES string of the molecule is CC(C)c1cc2c(F)c(Br)cc(F)c2nc1N. The highest BCUT2D eigenvalue weighted by atomic mass is 79.9. The fourth-order valence-electron chi connectivity index (χ4n) is 1.73. The molecule has 2 rings (SSSR count). The molecule has 0 atom stereocenters. The van der Waals surface area contributed by atoms with Crippen molar-refractivity contribution >= 4 is 32.7 Å². The van der Waals surface area contributed by atoms with Crippen molar-refractivity contribution in [2.45, 2.75) is 19.8 Å². The summed E-state index contributed by atoms with van der Waals surface area (Å²) in [5, 5.41) is 0.148. The van der Waals surface area contributed by atoms with E-state index in [1.54, 1.807) is 6.07 Å². The van der Waals surface area contributed by atoms with Crippen LogP contribution in [0.3, 0.4) is 0 Å². The first-order chi connectivity index (χ1) is 7.91. The molecule has 17 heavy (non-hydrogen) atoms. The number of hydrogen-bond donors (Lipinski definition) is 1. The number of nitrogen functional groups attached to an aromatic ring is 1. The first-order valence-electron chi connectivity index (χ1n) is 5.15. The largest absolute Gasteiger partial charge is 0.383 e. The van der Waals surface area contributed by atoms with E-state index in [4.69, 9.17) is 5.73 Å². The van der Waals surface area contributed by atoms with Crippen molar-refractivity contribution in [3.8, 4) is 0 Å². The molecule has 0 saturated carbocycles. The molecule has 0 fully saturated rings. The summed E-state index contributed by atoms with van der Waals surface area (Å²) in [6, 6.07) is 2.62. The molecule has 2 nitrogen and oxygen atoms in total. The van der Waals surface area contributed by atoms with Gasteiger partial charge >= 0.3 is 0 Å². The van der Waals surface area contributed by atoms with Gasteiger partial charge in [-0.05, 0) is 39.5 Å². The molecule has 5 heteroatoms. The Kier molecular flexibility index (Phi) is 3.03. The second-order valence-electron chi connectivity index (χ2n) is 4.17. The fourth-order valence-corrected chi connectivity index (χ4v) is 2.14. The minimum Gasteiger partial charge on any atom is -0.383 e. The maximum Gasteiger partial charge on any atom is 0.150 e. The van der Waals surface area contributed by atoms with Crippen molar-refractivity contribution < 1.29 is 8.78 Å². The minimum absolute atomic E-state index is 0.0346. The summed E-state index contributed by atoms with van der Waals surface area (Å²) in [4.78, 5) is 3.94. The number of nitrogens with zero attached hydrogens (tertiary/aromatic N) is 1. The van der Waals surface area contributed by atoms with Crippen molar-refractivity contribution in [1.29, 1.82) is 0 Å². The molecule has 0 amide bonds. The van der Waals surface area contributed by atoms with Crippen LogP contribution in [0.15, 0.2) is 16.6 Å². The van der Waals surface area contributed by atoms with Crippen LogP contribution in [-0.2, 0) is 0 Å². The average molecular weight is 301 g/mol. The first kappa shape index (κ1) is 12.2. The summed E-state index contributed by atoms with van der Waals surface area (Å²) < 4.78 is 27.6. The van der Waals surface area contributed by atoms with Gasteiger partial charge in [0.1, 0.15) is 17.2 Å². The van der Waals surface area contributed by atoms with Gasteiger partial charge in [0.05, 0.1) is 4.47 Å². The van der Waals surface area contributed by atoms with Gasteiger partial charge < -0.3 is 5.73 Å². The van der Waals surface area contributed by atoms with Crippen LogP contribution in [0.5, 0.6) is 0 Å². The zero-order valence-corrected chi connectivity index (χ0v) is 11.0. The third-order valence-electron chi connectivity index (χ3n) is 2.63. The van der Waals surface area contributed by atoms with Gasteiger partial charge in [-0.2, -0.15) is 0 Å². The number of pyridine rings is 1. The molecule has 0 spiro atoms. The van der Waals surface area contributed by atoms with E-state index in [-0.39, 0.29) is 27.1 Å². The van der Waals surface area contributed by atoms with Crippen molar-refractivity contribution in [2.75, 3.05) is 5.73 Å². The molecule has 0 aliphatic carbocycles. The van der Waals surface area contributed by atoms with Crippen molar-refractivity contribution in [2.24, 2.45) is 0 Å². The number of anilines is 1. The quantitative estimate of drug-likeness (QED) is 0.809. The Balaban J connectivity index is 2.88. The molecule has 0 radical (unpaired) electrons. The number of fused-ring (bicyclic) bond motifs is 1. The van der Waals surface area contributed by atoms with E-state index in [1.165, 1.54) is 0 Å². The van der Waals surface area contributed by atoms with E-state index in [0.717, 1.165) is 6.07 Å². The minimum atomic E-state index is -0.588. The molecule has 0 bridgehead atoms. The van der Waals surface area contributed by atoms with Crippen LogP contribution in [0.2, 0.25) is 0 Å². The highest BCUT2D eigenvalue weighted by Gasteiger charge is 2.15. The Morgan fingerprint density at radius 3 is 2.53 bits per heavy atom. The number of benzene rings is 1. The lowest BCUT2D eigenvalue weighted by Crippen LogP contribution is -2.02. The lowest BCUT2D eigenvalue weighted by molar-refractivity contribution is 0.609. The van der Waals surface area contributed by atoms with E-state index in [1.807, 2.05) is 13.8 Å². The van der Waals surface area contributed by atoms with Gasteiger partial charge in [0.15, 0.2) is 5.82 Å². The molecule has 90 valence electrons. The van der Waals surface area contributed by atoms with Crippen LogP contribution in [0.1, 0.15) is 25.3 Å². The zero-order valence-electron chi connectivity index (χ0n) is 9.39. The van der Waals surface area contributed by atoms with Gasteiger partial charge in [-0.15, -0.1) is 0 Å². The number of nitrogens with two attached hydrogens (primary N) is 1. The Hall–Kier alpha value is -1.23. The zero-order chi connectivity index (χ0) is 12.7. The third-order valence-corrected chi connectivity index (χ3v) is 3.21. The van der Waals surface area contributed by atoms with Crippen LogP contribution in [-0.4, -0.2) is 4.98 Å². The number of hydrogen-bond acceptors (Lipinski definition) is 2. The van der Waals surface area contributed by atoms with E-state index < -0.39 is 11.6 Å². The van der Waals surface area contributed by atoms with Crippen molar-refractivity contribution in [1.82, 2.24) is 4.98 Å². The van der Waals surface area contributed by atoms with E-state index in [9.17, 15) is 8.78 Å². The maximum atomic E-state index is 13.9. The molecule has 0 aliphatic heterocycles. The Labute approximate surface area is 106 Å². The normalized spacial score (nSPS) is 11.4. The topological polar surface area (TPSA) is 38.9 Å². The van der Waals surface area contributed by atoms with E-state index in [2.05, 4.69) is 20.9 Å². The van der Waals surface area contributed by atoms with Gasteiger partial charge in [-0.1, -0.05) is 13.8 Å². The molecule has 0 unspecified atom stereocenters. The molecular weight excluding hydrogens is 290 g/mol. The summed E-state index contributed by atoms with van der Waals surface area (Å²) >= 11 is 2.97. The van der Waals surface area contributed by atoms with Crippen molar-refractivity contribution in [3.63, 3.8) is 0 Å². The monoisotopic (exact) mass is 300 g/mol. The molecule has 2 N–H and O–H groups in total. The van der Waals surface area contributed by atoms with Gasteiger partial charge in [0, 0.05) is 5.39 Å². The third kappa shape index (κ3) is 1.99. The number of rotatable bonds is 1. The van der Waals surface area contributed by atoms with Gasteiger partial charge in [0.25, 0.3) is 0 Å². The fraction of sp³-hybridized carbons (Fsp3) is 0.250. The number of aromatic nitrogens is 1. The van der Waals surface area contributed by atoms with Crippen LogP contribution >= 0.6 is 15.9 Å². The predicted molar refractivity (Wildman–Crippen MR) is 67.9 cm³/mol. The Morgan fingerprint density at radius 2 is 1.94 bits per heavy atom. The summed E-state index contributed by atoms with van der Waals surface area (Å²) in [5.41, 5.74) is 6.41. The number of halogens is 3. The highest BCUT2D eigenvalue weighted by Crippen LogP contribution is 2.31. The van der Waals surface area contributed by atoms with Crippen LogP contribution < -0.4 is 5.73 Å². The van der Waals surface area contributed by atoms with Crippen LogP contribution in [0.25, 0.3) is 10.9 Å². The molecule has 1 aromatic carbocycles. The molecule has 0 saturated heterocycles.